The first kappa shape index (κ1) is 20.5. The van der Waals surface area contributed by atoms with E-state index in [0.717, 1.165) is 64.1 Å². The second kappa shape index (κ2) is 8.99. The van der Waals surface area contributed by atoms with E-state index in [4.69, 9.17) is 0 Å². The lowest BCUT2D eigenvalue weighted by Crippen LogP contribution is -2.45. The van der Waals surface area contributed by atoms with Gasteiger partial charge in [-0.3, -0.25) is 4.79 Å². The minimum absolute atomic E-state index is 0.172. The van der Waals surface area contributed by atoms with Gasteiger partial charge in [0.15, 0.2) is 0 Å². The van der Waals surface area contributed by atoms with Crippen LogP contribution in [0, 0.1) is 18.8 Å². The fourth-order valence-corrected chi connectivity index (χ4v) is 6.14. The third-order valence-electron chi connectivity index (χ3n) is 6.98. The normalized spacial score (nSPS) is 18.6. The molecule has 0 aliphatic carbocycles. The van der Waals surface area contributed by atoms with E-state index in [1.165, 1.54) is 20.5 Å². The molecule has 0 N–H and O–H groups in total. The molecule has 2 aliphatic heterocycles. The van der Waals surface area contributed by atoms with Gasteiger partial charge in [-0.2, -0.15) is 0 Å². The molecule has 0 atom stereocenters. The lowest BCUT2D eigenvalue weighted by Gasteiger charge is -2.37. The van der Waals surface area contributed by atoms with E-state index >= 15 is 0 Å². The van der Waals surface area contributed by atoms with Crippen molar-refractivity contribution in [2.24, 2.45) is 11.8 Å². The Morgan fingerprint density at radius 1 is 1.03 bits per heavy atom. The van der Waals surface area contributed by atoms with Crippen LogP contribution in [0.2, 0.25) is 0 Å². The Balaban J connectivity index is 1.14. The Hall–Kier alpha value is -2.40. The lowest BCUT2D eigenvalue weighted by molar-refractivity contribution is -0.137. The van der Waals surface area contributed by atoms with Crippen LogP contribution in [-0.4, -0.2) is 42.0 Å². The number of anilines is 1. The zero-order valence-corrected chi connectivity index (χ0v) is 19.1. The predicted molar refractivity (Wildman–Crippen MR) is 129 cm³/mol. The highest BCUT2D eigenvalue weighted by Crippen LogP contribution is 2.34. The van der Waals surface area contributed by atoms with E-state index < -0.39 is 0 Å². The van der Waals surface area contributed by atoms with E-state index in [1.54, 1.807) is 0 Å². The van der Waals surface area contributed by atoms with Gasteiger partial charge in [0.2, 0.25) is 5.91 Å². The number of piperidine rings is 2. The van der Waals surface area contributed by atoms with Crippen LogP contribution in [0.3, 0.4) is 0 Å². The Bertz CT molecular complexity index is 1030. The number of likely N-dealkylation sites (tertiary alicyclic amines) is 1. The summed E-state index contributed by atoms with van der Waals surface area (Å²) in [5, 5.41) is 1.26. The summed E-state index contributed by atoms with van der Waals surface area (Å²) < 4.78 is 1.30. The number of hydrogen-bond donors (Lipinski definition) is 0. The number of rotatable bonds is 4. The fourth-order valence-electron chi connectivity index (χ4n) is 5.23. The molecule has 2 fully saturated rings. The lowest BCUT2D eigenvalue weighted by atomic mass is 9.88. The summed E-state index contributed by atoms with van der Waals surface area (Å²) in [5.74, 6) is 2.35. The number of pyridine rings is 1. The summed E-state index contributed by atoms with van der Waals surface area (Å²) in [6.45, 7) is 5.84. The molecule has 5 heteroatoms. The van der Waals surface area contributed by atoms with E-state index in [-0.39, 0.29) is 5.92 Å². The van der Waals surface area contributed by atoms with E-state index in [2.05, 4.69) is 64.2 Å². The van der Waals surface area contributed by atoms with Crippen LogP contribution in [0.5, 0.6) is 0 Å². The number of amides is 1. The van der Waals surface area contributed by atoms with Crippen LogP contribution in [0.15, 0.2) is 48.7 Å². The van der Waals surface area contributed by atoms with Crippen molar-refractivity contribution in [2.75, 3.05) is 31.1 Å². The van der Waals surface area contributed by atoms with Crippen molar-refractivity contribution >= 4 is 33.1 Å². The molecule has 4 nitrogen and oxygen atoms in total. The predicted octanol–water partition coefficient (Wildman–Crippen LogP) is 5.30. The second-order valence-corrected chi connectivity index (χ2v) is 10.4. The molecule has 2 saturated heterocycles. The first-order chi connectivity index (χ1) is 15.2. The standard InChI is InChI=1S/C26H31N3OS/c1-19-17-23-24(31-19)7-12-27-25(23)28-15-10-22(11-16-28)26(30)29-13-8-21(9-14-29)18-20-5-3-2-4-6-20/h2-7,12,17,21-22H,8-11,13-16,18H2,1H3. The van der Waals surface area contributed by atoms with Crippen molar-refractivity contribution in [3.05, 3.63) is 59.1 Å². The molecular weight excluding hydrogens is 402 g/mol. The molecule has 0 unspecified atom stereocenters. The summed E-state index contributed by atoms with van der Waals surface area (Å²) in [7, 11) is 0. The molecule has 0 saturated carbocycles. The summed E-state index contributed by atoms with van der Waals surface area (Å²) in [6, 6.07) is 15.1. The monoisotopic (exact) mass is 433 g/mol. The molecule has 2 aliphatic rings. The molecule has 31 heavy (non-hydrogen) atoms. The number of nitrogens with zero attached hydrogens (tertiary/aromatic N) is 3. The van der Waals surface area contributed by atoms with Crippen molar-refractivity contribution in [1.29, 1.82) is 0 Å². The molecule has 162 valence electrons. The first-order valence-electron chi connectivity index (χ1n) is 11.6. The highest BCUT2D eigenvalue weighted by molar-refractivity contribution is 7.19. The molecular formula is C26H31N3OS. The summed E-state index contributed by atoms with van der Waals surface area (Å²) in [5.41, 5.74) is 1.42. The zero-order valence-electron chi connectivity index (χ0n) is 18.3. The third kappa shape index (κ3) is 4.47. The van der Waals surface area contributed by atoms with Crippen LogP contribution in [0.4, 0.5) is 5.82 Å². The molecule has 5 rings (SSSR count). The number of thiophene rings is 1. The summed E-state index contributed by atoms with van der Waals surface area (Å²) in [4.78, 5) is 23.7. The zero-order chi connectivity index (χ0) is 21.2. The highest BCUT2D eigenvalue weighted by atomic mass is 32.1. The summed E-state index contributed by atoms with van der Waals surface area (Å²) >= 11 is 1.83. The topological polar surface area (TPSA) is 36.4 Å². The van der Waals surface area contributed by atoms with Gasteiger partial charge < -0.3 is 9.80 Å². The van der Waals surface area contributed by atoms with Crippen molar-refractivity contribution in [3.63, 3.8) is 0 Å². The fraction of sp³-hybridized carbons (Fsp3) is 0.462. The highest BCUT2D eigenvalue weighted by Gasteiger charge is 2.31. The van der Waals surface area contributed by atoms with Gasteiger partial charge in [0.05, 0.1) is 0 Å². The number of carbonyl (C=O) groups excluding carboxylic acids is 1. The molecule has 0 spiro atoms. The molecule has 4 heterocycles. The first-order valence-corrected chi connectivity index (χ1v) is 12.4. The third-order valence-corrected chi connectivity index (χ3v) is 8.00. The Morgan fingerprint density at radius 2 is 1.77 bits per heavy atom. The van der Waals surface area contributed by atoms with Crippen LogP contribution >= 0.6 is 11.3 Å². The SMILES string of the molecule is Cc1cc2c(N3CCC(C(=O)N4CCC(Cc5ccccc5)CC4)CC3)nccc2s1. The van der Waals surface area contributed by atoms with Gasteiger partial charge in [0.1, 0.15) is 5.82 Å². The van der Waals surface area contributed by atoms with E-state index in [0.29, 0.717) is 11.8 Å². The van der Waals surface area contributed by atoms with E-state index in [9.17, 15) is 4.79 Å². The van der Waals surface area contributed by atoms with Crippen molar-refractivity contribution in [2.45, 2.75) is 39.0 Å². The summed E-state index contributed by atoms with van der Waals surface area (Å²) in [6.07, 6.45) is 7.19. The number of benzene rings is 1. The average molecular weight is 434 g/mol. The van der Waals surface area contributed by atoms with Gasteiger partial charge in [0.25, 0.3) is 0 Å². The van der Waals surface area contributed by atoms with Crippen LogP contribution in [0.1, 0.15) is 36.1 Å². The van der Waals surface area contributed by atoms with Gasteiger partial charge in [-0.05, 0) is 62.6 Å². The number of aryl methyl sites for hydroxylation is 1. The molecule has 3 aromatic rings. The smallest absolute Gasteiger partial charge is 0.225 e. The van der Waals surface area contributed by atoms with Gasteiger partial charge in [0, 0.05) is 53.3 Å². The van der Waals surface area contributed by atoms with Crippen LogP contribution in [-0.2, 0) is 11.2 Å². The number of aromatic nitrogens is 1. The minimum Gasteiger partial charge on any atom is -0.356 e. The molecule has 0 bridgehead atoms. The number of hydrogen-bond acceptors (Lipinski definition) is 4. The van der Waals surface area contributed by atoms with Crippen LogP contribution in [0.25, 0.3) is 10.1 Å². The van der Waals surface area contributed by atoms with Crippen molar-refractivity contribution in [3.8, 4) is 0 Å². The minimum atomic E-state index is 0.172. The Kier molecular flexibility index (Phi) is 5.95. The maximum atomic E-state index is 13.2. The molecule has 2 aromatic heterocycles. The second-order valence-electron chi connectivity index (χ2n) is 9.12. The number of fused-ring (bicyclic) bond motifs is 1. The quantitative estimate of drug-likeness (QED) is 0.560. The van der Waals surface area contributed by atoms with Crippen molar-refractivity contribution < 1.29 is 4.79 Å². The molecule has 0 radical (unpaired) electrons. The Morgan fingerprint density at radius 3 is 2.52 bits per heavy atom. The van der Waals surface area contributed by atoms with Crippen molar-refractivity contribution in [1.82, 2.24) is 9.88 Å². The maximum absolute atomic E-state index is 13.2. The van der Waals surface area contributed by atoms with Gasteiger partial charge in [-0.15, -0.1) is 11.3 Å². The van der Waals surface area contributed by atoms with Gasteiger partial charge >= 0.3 is 0 Å². The number of carbonyl (C=O) groups is 1. The van der Waals surface area contributed by atoms with Crippen LogP contribution < -0.4 is 4.90 Å². The van der Waals surface area contributed by atoms with E-state index in [1.807, 2.05) is 17.5 Å². The molecule has 1 amide bonds. The Labute approximate surface area is 188 Å². The molecule has 1 aromatic carbocycles. The van der Waals surface area contributed by atoms with Gasteiger partial charge in [-0.1, -0.05) is 30.3 Å². The largest absolute Gasteiger partial charge is 0.356 e. The van der Waals surface area contributed by atoms with Gasteiger partial charge in [-0.25, -0.2) is 4.98 Å². The average Bonchev–Trinajstić information content (AvgIpc) is 3.20. The maximum Gasteiger partial charge on any atom is 0.225 e.